The maximum absolute atomic E-state index is 12.8. The number of hydrogen-bond acceptors (Lipinski definition) is 2. The summed E-state index contributed by atoms with van der Waals surface area (Å²) in [7, 11) is -3.59. The van der Waals surface area contributed by atoms with Crippen molar-refractivity contribution in [1.29, 1.82) is 0 Å². The van der Waals surface area contributed by atoms with Crippen LogP contribution in [0.15, 0.2) is 35.2 Å². The smallest absolute Gasteiger partial charge is 0.262 e. The summed E-state index contributed by atoms with van der Waals surface area (Å²) < 4.78 is 28.3. The van der Waals surface area contributed by atoms with Gasteiger partial charge < -0.3 is 0 Å². The third-order valence-electron chi connectivity index (χ3n) is 4.18. The zero-order chi connectivity index (χ0) is 16.5. The lowest BCUT2D eigenvalue weighted by Crippen LogP contribution is -2.17. The first kappa shape index (κ1) is 16.6. The first-order chi connectivity index (χ1) is 10.3. The van der Waals surface area contributed by atoms with Crippen molar-refractivity contribution in [3.05, 3.63) is 58.1 Å². The Morgan fingerprint density at radius 2 is 1.41 bits per heavy atom. The molecule has 0 saturated carbocycles. The molecule has 0 bridgehead atoms. The van der Waals surface area contributed by atoms with Crippen molar-refractivity contribution in [1.82, 2.24) is 0 Å². The standard InChI is InChI=1S/C18H23NO2S/c1-6-16-7-9-17(10-8-16)19-22(20,21)18-14(4)12(2)11-13(3)15(18)5/h7-11,19H,6H2,1-5H3. The number of hydrogen-bond donors (Lipinski definition) is 1. The van der Waals surface area contributed by atoms with Gasteiger partial charge in [0.25, 0.3) is 10.0 Å². The fourth-order valence-electron chi connectivity index (χ4n) is 2.60. The van der Waals surface area contributed by atoms with Gasteiger partial charge in [-0.05, 0) is 74.1 Å². The van der Waals surface area contributed by atoms with Crippen LogP contribution in [0.1, 0.15) is 34.7 Å². The minimum absolute atomic E-state index is 0.393. The number of aryl methyl sites for hydroxylation is 3. The molecular weight excluding hydrogens is 294 g/mol. The van der Waals surface area contributed by atoms with Crippen LogP contribution in [0.2, 0.25) is 0 Å². The Morgan fingerprint density at radius 3 is 1.86 bits per heavy atom. The number of anilines is 1. The van der Waals surface area contributed by atoms with Crippen LogP contribution < -0.4 is 4.72 Å². The van der Waals surface area contributed by atoms with Crippen molar-refractivity contribution >= 4 is 15.7 Å². The Kier molecular flexibility index (Phi) is 4.61. The molecule has 0 spiro atoms. The van der Waals surface area contributed by atoms with Crippen molar-refractivity contribution in [3.8, 4) is 0 Å². The Hall–Kier alpha value is -1.81. The summed E-state index contributed by atoms with van der Waals surface area (Å²) in [4.78, 5) is 0.393. The normalized spacial score (nSPS) is 11.5. The molecule has 4 heteroatoms. The summed E-state index contributed by atoms with van der Waals surface area (Å²) in [6.45, 7) is 9.67. The molecule has 118 valence electrons. The Balaban J connectivity index is 2.46. The second kappa shape index (κ2) is 6.13. The van der Waals surface area contributed by atoms with Gasteiger partial charge in [0.2, 0.25) is 0 Å². The molecule has 0 aliphatic rings. The average Bonchev–Trinajstić information content (AvgIpc) is 2.45. The molecule has 2 aromatic rings. The van der Waals surface area contributed by atoms with Gasteiger partial charge in [0, 0.05) is 5.69 Å². The van der Waals surface area contributed by atoms with Gasteiger partial charge >= 0.3 is 0 Å². The second-order valence-electron chi connectivity index (χ2n) is 5.75. The van der Waals surface area contributed by atoms with Gasteiger partial charge in [0.15, 0.2) is 0 Å². The zero-order valence-electron chi connectivity index (χ0n) is 13.8. The molecule has 0 fully saturated rings. The lowest BCUT2D eigenvalue weighted by atomic mass is 10.0. The van der Waals surface area contributed by atoms with E-state index in [1.807, 2.05) is 58.0 Å². The number of sulfonamides is 1. The van der Waals surface area contributed by atoms with Crippen LogP contribution in [0.5, 0.6) is 0 Å². The second-order valence-corrected chi connectivity index (χ2v) is 7.36. The summed E-state index contributed by atoms with van der Waals surface area (Å²) in [5.74, 6) is 0. The van der Waals surface area contributed by atoms with E-state index in [0.29, 0.717) is 10.6 Å². The highest BCUT2D eigenvalue weighted by atomic mass is 32.2. The molecule has 0 aliphatic carbocycles. The predicted molar refractivity (Wildman–Crippen MR) is 92.0 cm³/mol. The Labute approximate surface area is 133 Å². The third kappa shape index (κ3) is 3.17. The first-order valence-electron chi connectivity index (χ1n) is 7.45. The number of benzene rings is 2. The largest absolute Gasteiger partial charge is 0.280 e. The number of nitrogens with one attached hydrogen (secondary N) is 1. The highest BCUT2D eigenvalue weighted by Crippen LogP contribution is 2.27. The lowest BCUT2D eigenvalue weighted by Gasteiger charge is -2.16. The molecule has 0 radical (unpaired) electrons. The first-order valence-corrected chi connectivity index (χ1v) is 8.93. The topological polar surface area (TPSA) is 46.2 Å². The van der Waals surface area contributed by atoms with Crippen LogP contribution in [0.25, 0.3) is 0 Å². The van der Waals surface area contributed by atoms with Crippen LogP contribution in [0.4, 0.5) is 5.69 Å². The number of rotatable bonds is 4. The van der Waals surface area contributed by atoms with E-state index in [-0.39, 0.29) is 0 Å². The maximum atomic E-state index is 12.8. The SMILES string of the molecule is CCc1ccc(NS(=O)(=O)c2c(C)c(C)cc(C)c2C)cc1. The minimum Gasteiger partial charge on any atom is -0.280 e. The lowest BCUT2D eigenvalue weighted by molar-refractivity contribution is 0.599. The van der Waals surface area contributed by atoms with E-state index in [2.05, 4.69) is 11.6 Å². The highest BCUT2D eigenvalue weighted by molar-refractivity contribution is 7.92. The molecule has 0 atom stereocenters. The van der Waals surface area contributed by atoms with E-state index < -0.39 is 10.0 Å². The molecule has 0 unspecified atom stereocenters. The molecule has 2 aromatic carbocycles. The van der Waals surface area contributed by atoms with Crippen molar-refractivity contribution in [2.45, 2.75) is 45.9 Å². The van der Waals surface area contributed by atoms with Crippen molar-refractivity contribution in [2.24, 2.45) is 0 Å². The van der Waals surface area contributed by atoms with Crippen LogP contribution in [0, 0.1) is 27.7 Å². The Bertz CT molecular complexity index is 765. The molecule has 1 N–H and O–H groups in total. The van der Waals surface area contributed by atoms with Crippen LogP contribution >= 0.6 is 0 Å². The van der Waals surface area contributed by atoms with Crippen molar-refractivity contribution in [2.75, 3.05) is 4.72 Å². The minimum atomic E-state index is -3.59. The van der Waals surface area contributed by atoms with Crippen LogP contribution in [0.3, 0.4) is 0 Å². The van der Waals surface area contributed by atoms with Crippen LogP contribution in [-0.4, -0.2) is 8.42 Å². The molecular formula is C18H23NO2S. The molecule has 3 nitrogen and oxygen atoms in total. The summed E-state index contributed by atoms with van der Waals surface area (Å²) in [5, 5.41) is 0. The predicted octanol–water partition coefficient (Wildman–Crippen LogP) is 4.28. The van der Waals surface area contributed by atoms with E-state index in [0.717, 1.165) is 28.7 Å². The monoisotopic (exact) mass is 317 g/mol. The Morgan fingerprint density at radius 1 is 0.909 bits per heavy atom. The maximum Gasteiger partial charge on any atom is 0.262 e. The fourth-order valence-corrected chi connectivity index (χ4v) is 4.28. The van der Waals surface area contributed by atoms with Gasteiger partial charge in [-0.15, -0.1) is 0 Å². The quantitative estimate of drug-likeness (QED) is 0.914. The highest BCUT2D eigenvalue weighted by Gasteiger charge is 2.22. The summed E-state index contributed by atoms with van der Waals surface area (Å²) in [6.07, 6.45) is 0.933. The van der Waals surface area contributed by atoms with Crippen molar-refractivity contribution in [3.63, 3.8) is 0 Å². The molecule has 2 rings (SSSR count). The van der Waals surface area contributed by atoms with Gasteiger partial charge in [0.05, 0.1) is 4.90 Å². The zero-order valence-corrected chi connectivity index (χ0v) is 14.6. The summed E-state index contributed by atoms with van der Waals surface area (Å²) in [5.41, 5.74) is 5.37. The molecule has 0 aromatic heterocycles. The molecule has 22 heavy (non-hydrogen) atoms. The molecule has 0 amide bonds. The van der Waals surface area contributed by atoms with E-state index in [4.69, 9.17) is 0 Å². The third-order valence-corrected chi connectivity index (χ3v) is 5.83. The fraction of sp³-hybridized carbons (Fsp3) is 0.333. The van der Waals surface area contributed by atoms with Gasteiger partial charge in [-0.3, -0.25) is 4.72 Å². The average molecular weight is 317 g/mol. The van der Waals surface area contributed by atoms with Crippen LogP contribution in [-0.2, 0) is 16.4 Å². The van der Waals surface area contributed by atoms with Gasteiger partial charge in [-0.2, -0.15) is 0 Å². The van der Waals surface area contributed by atoms with Gasteiger partial charge in [0.1, 0.15) is 0 Å². The van der Waals surface area contributed by atoms with Gasteiger partial charge in [-0.1, -0.05) is 25.1 Å². The molecule has 0 saturated heterocycles. The van der Waals surface area contributed by atoms with Crippen molar-refractivity contribution < 1.29 is 8.42 Å². The van der Waals surface area contributed by atoms with Gasteiger partial charge in [-0.25, -0.2) is 8.42 Å². The molecule has 0 heterocycles. The van der Waals surface area contributed by atoms with E-state index in [1.54, 1.807) is 0 Å². The summed E-state index contributed by atoms with van der Waals surface area (Å²) in [6, 6.07) is 9.53. The summed E-state index contributed by atoms with van der Waals surface area (Å²) >= 11 is 0. The van der Waals surface area contributed by atoms with E-state index >= 15 is 0 Å². The molecule has 0 aliphatic heterocycles. The van der Waals surface area contributed by atoms with E-state index in [9.17, 15) is 8.42 Å². The van der Waals surface area contributed by atoms with E-state index in [1.165, 1.54) is 5.56 Å².